The van der Waals surface area contributed by atoms with Gasteiger partial charge in [-0.3, -0.25) is 9.59 Å². The number of nitrogens with zero attached hydrogens (tertiary/aromatic N) is 2. The topological polar surface area (TPSA) is 216 Å². The number of carboxylic acid groups (broad SMARTS) is 2. The second-order valence-corrected chi connectivity index (χ2v) is 4.71. The van der Waals surface area contributed by atoms with Crippen LogP contribution in [0.15, 0.2) is 18.7 Å². The summed E-state index contributed by atoms with van der Waals surface area (Å²) >= 11 is 0. The predicted molar refractivity (Wildman–Crippen MR) is 81.0 cm³/mol. The van der Waals surface area contributed by atoms with Crippen LogP contribution in [0.25, 0.3) is 0 Å². The molecule has 10 N–H and O–H groups in total. The molecule has 0 saturated carbocycles. The van der Waals surface area contributed by atoms with E-state index >= 15 is 0 Å². The molecule has 2 atom stereocenters. The zero-order valence-electron chi connectivity index (χ0n) is 12.5. The van der Waals surface area contributed by atoms with E-state index in [-0.39, 0.29) is 18.8 Å². The molecule has 12 nitrogen and oxygen atoms in total. The summed E-state index contributed by atoms with van der Waals surface area (Å²) in [6.07, 6.45) is 4.90. The van der Waals surface area contributed by atoms with Gasteiger partial charge in [0.2, 0.25) is 0 Å². The fourth-order valence-electron chi connectivity index (χ4n) is 1.59. The first-order valence-electron chi connectivity index (χ1n) is 6.71. The zero-order chi connectivity index (χ0) is 18.1. The Morgan fingerprint density at radius 3 is 2.33 bits per heavy atom. The first-order valence-corrected chi connectivity index (χ1v) is 6.71. The highest BCUT2D eigenvalue weighted by Crippen LogP contribution is 2.00. The van der Waals surface area contributed by atoms with Gasteiger partial charge in [0, 0.05) is 25.2 Å². The van der Waals surface area contributed by atoms with Gasteiger partial charge < -0.3 is 36.9 Å². The second-order valence-electron chi connectivity index (χ2n) is 4.71. The number of hydroxylamine groups is 1. The number of aromatic nitrogens is 4. The smallest absolute Gasteiger partial charge is 0.323 e. The molecule has 132 valence electrons. The van der Waals surface area contributed by atoms with Crippen molar-refractivity contribution < 1.29 is 25.0 Å². The molecule has 0 saturated heterocycles. The summed E-state index contributed by atoms with van der Waals surface area (Å²) in [6.45, 7) is 0. The van der Waals surface area contributed by atoms with Crippen molar-refractivity contribution in [3.63, 3.8) is 0 Å². The van der Waals surface area contributed by atoms with E-state index in [2.05, 4.69) is 19.9 Å². The molecule has 2 rings (SSSR count). The van der Waals surface area contributed by atoms with Crippen molar-refractivity contribution in [3.8, 4) is 0 Å². The molecule has 0 bridgehead atoms. The molecule has 0 aliphatic heterocycles. The highest BCUT2D eigenvalue weighted by molar-refractivity contribution is 5.73. The van der Waals surface area contributed by atoms with Gasteiger partial charge in [-0.05, 0) is 0 Å². The van der Waals surface area contributed by atoms with Crippen LogP contribution in [-0.4, -0.2) is 59.4 Å². The van der Waals surface area contributed by atoms with Crippen molar-refractivity contribution in [2.45, 2.75) is 24.9 Å². The number of rotatable bonds is 7. The van der Waals surface area contributed by atoms with Gasteiger partial charge in [-0.2, -0.15) is 5.48 Å². The average Bonchev–Trinajstić information content (AvgIpc) is 3.16. The highest BCUT2D eigenvalue weighted by Gasteiger charge is 2.17. The Labute approximate surface area is 135 Å². The van der Waals surface area contributed by atoms with Crippen molar-refractivity contribution >= 4 is 17.9 Å². The van der Waals surface area contributed by atoms with Crippen molar-refractivity contribution in [2.24, 2.45) is 5.73 Å². The van der Waals surface area contributed by atoms with Crippen molar-refractivity contribution in [1.82, 2.24) is 25.4 Å². The Hall–Kier alpha value is -2.96. The van der Waals surface area contributed by atoms with Crippen molar-refractivity contribution in [1.29, 1.82) is 0 Å². The molecule has 24 heavy (non-hydrogen) atoms. The van der Waals surface area contributed by atoms with Crippen LogP contribution in [0.5, 0.6) is 0 Å². The fourth-order valence-corrected chi connectivity index (χ4v) is 1.59. The number of hydrogen-bond acceptors (Lipinski definition) is 8. The summed E-state index contributed by atoms with van der Waals surface area (Å²) in [5.74, 6) is -1.89. The quantitative estimate of drug-likeness (QED) is 0.268. The predicted octanol–water partition coefficient (Wildman–Crippen LogP) is -1.67. The molecule has 0 aliphatic rings. The van der Waals surface area contributed by atoms with Gasteiger partial charge in [0.05, 0.1) is 17.7 Å². The molecule has 0 amide bonds. The van der Waals surface area contributed by atoms with E-state index in [0.29, 0.717) is 11.4 Å². The van der Waals surface area contributed by atoms with Gasteiger partial charge in [-0.15, -0.1) is 0 Å². The Bertz CT molecular complexity index is 642. The Morgan fingerprint density at radius 2 is 1.92 bits per heavy atom. The van der Waals surface area contributed by atoms with E-state index in [1.54, 1.807) is 11.7 Å². The van der Waals surface area contributed by atoms with Gasteiger partial charge in [0.1, 0.15) is 12.1 Å². The number of nitrogens with two attached hydrogens (primary N) is 2. The third-order valence-electron chi connectivity index (χ3n) is 2.82. The number of nitrogen functional groups attached to an aromatic ring is 1. The summed E-state index contributed by atoms with van der Waals surface area (Å²) in [4.78, 5) is 33.7. The van der Waals surface area contributed by atoms with Gasteiger partial charge in [0.15, 0.2) is 5.95 Å². The summed E-state index contributed by atoms with van der Waals surface area (Å²) in [5, 5.41) is 25.4. The summed E-state index contributed by atoms with van der Waals surface area (Å²) in [5.41, 5.74) is 13.4. The molecule has 0 aliphatic carbocycles. The maximum absolute atomic E-state index is 10.4. The average molecular weight is 341 g/mol. The lowest BCUT2D eigenvalue weighted by Crippen LogP contribution is -2.36. The van der Waals surface area contributed by atoms with Crippen LogP contribution in [-0.2, 0) is 22.4 Å². The minimum atomic E-state index is -1.11. The minimum Gasteiger partial charge on any atom is -0.480 e. The molecule has 0 aromatic carbocycles. The molecular weight excluding hydrogens is 322 g/mol. The SMILES string of the molecule is Nc1nc(C[C@H](N)C(=O)O)c[nH]1.O=C(O)[C@H](Cc1c[nH]cn1)NO. The molecule has 12 heteroatoms. The summed E-state index contributed by atoms with van der Waals surface area (Å²) in [7, 11) is 0. The van der Waals surface area contributed by atoms with Crippen LogP contribution in [0.1, 0.15) is 11.4 Å². The van der Waals surface area contributed by atoms with E-state index in [1.165, 1.54) is 12.5 Å². The van der Waals surface area contributed by atoms with Gasteiger partial charge in [0.25, 0.3) is 0 Å². The minimum absolute atomic E-state index is 0.148. The number of imidazole rings is 2. The molecule has 0 spiro atoms. The number of hydrogen-bond donors (Lipinski definition) is 8. The van der Waals surface area contributed by atoms with Crippen LogP contribution in [0.4, 0.5) is 5.95 Å². The third kappa shape index (κ3) is 6.43. The Balaban J connectivity index is 0.000000240. The lowest BCUT2D eigenvalue weighted by Gasteiger charge is -2.06. The van der Waals surface area contributed by atoms with E-state index in [1.807, 2.05) is 0 Å². The fraction of sp³-hybridized carbons (Fsp3) is 0.333. The molecule has 2 heterocycles. The first kappa shape index (κ1) is 19.1. The second kappa shape index (κ2) is 9.24. The number of aromatic amines is 2. The van der Waals surface area contributed by atoms with Crippen LogP contribution < -0.4 is 16.9 Å². The largest absolute Gasteiger partial charge is 0.480 e. The molecular formula is C12H19N7O5. The maximum Gasteiger partial charge on any atom is 0.323 e. The van der Waals surface area contributed by atoms with Crippen LogP contribution >= 0.6 is 0 Å². The summed E-state index contributed by atoms with van der Waals surface area (Å²) < 4.78 is 0. The van der Waals surface area contributed by atoms with Gasteiger partial charge >= 0.3 is 11.9 Å². The number of carboxylic acids is 2. The van der Waals surface area contributed by atoms with E-state index < -0.39 is 24.0 Å². The zero-order valence-corrected chi connectivity index (χ0v) is 12.5. The standard InChI is InChI=1S/C6H10N4O2.C6H9N3O3/c7-4(5(11)12)1-3-2-9-6(8)10-3;10-6(11)5(9-12)1-4-2-7-3-8-4/h2,4H,1,7H2,(H,11,12)(H3,8,9,10);2-3,5,9,12H,1H2,(H,7,8)(H,10,11)/t4-;5-/m00/s1. The van der Waals surface area contributed by atoms with E-state index in [4.69, 9.17) is 26.9 Å². The molecule has 0 radical (unpaired) electrons. The monoisotopic (exact) mass is 341 g/mol. The summed E-state index contributed by atoms with van der Waals surface area (Å²) in [6, 6.07) is -1.93. The first-order chi connectivity index (χ1) is 11.3. The van der Waals surface area contributed by atoms with Gasteiger partial charge in [-0.25, -0.2) is 9.97 Å². The molecule has 0 unspecified atom stereocenters. The Kier molecular flexibility index (Phi) is 7.35. The molecule has 0 fully saturated rings. The van der Waals surface area contributed by atoms with Crippen LogP contribution in [0.3, 0.4) is 0 Å². The number of anilines is 1. The van der Waals surface area contributed by atoms with Crippen molar-refractivity contribution in [3.05, 3.63) is 30.1 Å². The van der Waals surface area contributed by atoms with Gasteiger partial charge in [-0.1, -0.05) is 0 Å². The number of carbonyl (C=O) groups is 2. The number of nitrogens with one attached hydrogen (secondary N) is 3. The number of aliphatic carboxylic acids is 2. The van der Waals surface area contributed by atoms with Crippen molar-refractivity contribution in [2.75, 3.05) is 5.73 Å². The normalized spacial score (nSPS) is 12.8. The third-order valence-corrected chi connectivity index (χ3v) is 2.82. The Morgan fingerprint density at radius 1 is 1.21 bits per heavy atom. The van der Waals surface area contributed by atoms with Crippen LogP contribution in [0.2, 0.25) is 0 Å². The molecule has 2 aromatic heterocycles. The number of H-pyrrole nitrogens is 2. The lowest BCUT2D eigenvalue weighted by atomic mass is 10.2. The molecule has 2 aromatic rings. The van der Waals surface area contributed by atoms with E-state index in [0.717, 1.165) is 0 Å². The maximum atomic E-state index is 10.4. The van der Waals surface area contributed by atoms with E-state index in [9.17, 15) is 9.59 Å². The van der Waals surface area contributed by atoms with Crippen LogP contribution in [0, 0.1) is 0 Å². The highest BCUT2D eigenvalue weighted by atomic mass is 16.5. The lowest BCUT2D eigenvalue weighted by molar-refractivity contribution is -0.142.